The van der Waals surface area contributed by atoms with Crippen LogP contribution in [0.5, 0.6) is 0 Å². The van der Waals surface area contributed by atoms with Gasteiger partial charge in [0.15, 0.2) is 0 Å². The van der Waals surface area contributed by atoms with Gasteiger partial charge < -0.3 is 5.32 Å². The number of carbonyl (C=O) groups excluding carboxylic acids is 1. The van der Waals surface area contributed by atoms with Gasteiger partial charge in [-0.3, -0.25) is 4.79 Å². The number of carbonyl (C=O) groups is 1. The standard InChI is InChI=1S/C4H10.C3H3NO/c1-4(2)3;1-2-3(5)4-2/h4H,1-3H3;1H2,(H,4,5). The van der Waals surface area contributed by atoms with Gasteiger partial charge in [0.2, 0.25) is 0 Å². The highest BCUT2D eigenvalue weighted by atomic mass is 16.2. The molecule has 1 saturated heterocycles. The quantitative estimate of drug-likeness (QED) is 0.386. The molecule has 0 aromatic heterocycles. The second-order valence-corrected chi connectivity index (χ2v) is 2.66. The van der Waals surface area contributed by atoms with E-state index in [9.17, 15) is 4.79 Å². The van der Waals surface area contributed by atoms with E-state index in [1.807, 2.05) is 0 Å². The van der Waals surface area contributed by atoms with Crippen molar-refractivity contribution in [3.05, 3.63) is 12.3 Å². The Morgan fingerprint density at radius 2 is 1.56 bits per heavy atom. The van der Waals surface area contributed by atoms with E-state index in [-0.39, 0.29) is 5.91 Å². The molecule has 1 amide bonds. The molecule has 52 valence electrons. The number of amides is 1. The molecule has 1 aliphatic rings. The molecule has 9 heavy (non-hydrogen) atoms. The van der Waals surface area contributed by atoms with Crippen LogP contribution in [0.3, 0.4) is 0 Å². The second kappa shape index (κ2) is 3.28. The third-order valence-corrected chi connectivity index (χ3v) is 0.476. The van der Waals surface area contributed by atoms with Crippen LogP contribution < -0.4 is 5.32 Å². The molecule has 0 spiro atoms. The molecule has 0 aromatic rings. The fraction of sp³-hybridized carbons (Fsp3) is 0.571. The van der Waals surface area contributed by atoms with E-state index in [1.165, 1.54) is 0 Å². The molecule has 0 saturated carbocycles. The highest BCUT2D eigenvalue weighted by Crippen LogP contribution is 1.96. The zero-order chi connectivity index (χ0) is 7.44. The summed E-state index contributed by atoms with van der Waals surface area (Å²) in [6.07, 6.45) is 0. The Hall–Kier alpha value is -0.790. The Bertz CT molecular complexity index is 112. The average molecular weight is 127 g/mol. The third-order valence-electron chi connectivity index (χ3n) is 0.476. The van der Waals surface area contributed by atoms with Crippen LogP contribution in [0, 0.1) is 5.92 Å². The minimum absolute atomic E-state index is 0.0231. The Kier molecular flexibility index (Phi) is 2.99. The summed E-state index contributed by atoms with van der Waals surface area (Å²) < 4.78 is 0. The zero-order valence-corrected chi connectivity index (χ0v) is 6.19. The minimum atomic E-state index is -0.0231. The summed E-state index contributed by atoms with van der Waals surface area (Å²) in [6.45, 7) is 9.79. The summed E-state index contributed by atoms with van der Waals surface area (Å²) in [5.74, 6) is 0.810. The largest absolute Gasteiger partial charge is 0.317 e. The highest BCUT2D eigenvalue weighted by Gasteiger charge is 2.20. The SMILES string of the molecule is C=C1NC1=O.CC(C)C. The molecule has 0 bridgehead atoms. The summed E-state index contributed by atoms with van der Waals surface area (Å²) in [6, 6.07) is 0. The Morgan fingerprint density at radius 1 is 1.44 bits per heavy atom. The lowest BCUT2D eigenvalue weighted by Gasteiger charge is -1.79. The molecule has 1 N–H and O–H groups in total. The van der Waals surface area contributed by atoms with Gasteiger partial charge in [-0.25, -0.2) is 0 Å². The van der Waals surface area contributed by atoms with Crippen LogP contribution in [-0.2, 0) is 4.79 Å². The summed E-state index contributed by atoms with van der Waals surface area (Å²) in [4.78, 5) is 9.68. The Morgan fingerprint density at radius 3 is 1.56 bits per heavy atom. The van der Waals surface area contributed by atoms with Crippen LogP contribution in [0.15, 0.2) is 12.3 Å². The van der Waals surface area contributed by atoms with E-state index < -0.39 is 0 Å². The normalized spacial score (nSPS) is 14.2. The molecule has 1 rings (SSSR count). The van der Waals surface area contributed by atoms with Gasteiger partial charge in [0, 0.05) is 0 Å². The fourth-order valence-corrected chi connectivity index (χ4v) is 0.106. The minimum Gasteiger partial charge on any atom is -0.317 e. The molecule has 0 unspecified atom stereocenters. The summed E-state index contributed by atoms with van der Waals surface area (Å²) in [7, 11) is 0. The van der Waals surface area contributed by atoms with Crippen molar-refractivity contribution in [1.82, 2.24) is 5.32 Å². The van der Waals surface area contributed by atoms with Crippen molar-refractivity contribution in [3.63, 3.8) is 0 Å². The number of hydrogen-bond donors (Lipinski definition) is 1. The van der Waals surface area contributed by atoms with Gasteiger partial charge in [-0.05, 0) is 5.92 Å². The van der Waals surface area contributed by atoms with Crippen molar-refractivity contribution in [2.45, 2.75) is 20.8 Å². The Labute approximate surface area is 56.0 Å². The van der Waals surface area contributed by atoms with E-state index >= 15 is 0 Å². The maximum Gasteiger partial charge on any atom is 0.271 e. The smallest absolute Gasteiger partial charge is 0.271 e. The first kappa shape index (κ1) is 8.21. The van der Waals surface area contributed by atoms with Crippen LogP contribution in [0.4, 0.5) is 0 Å². The van der Waals surface area contributed by atoms with E-state index in [0.29, 0.717) is 5.70 Å². The lowest BCUT2D eigenvalue weighted by molar-refractivity contribution is -0.109. The third kappa shape index (κ3) is 7.21. The monoisotopic (exact) mass is 127 g/mol. The number of rotatable bonds is 0. The predicted molar refractivity (Wildman–Crippen MR) is 37.8 cm³/mol. The van der Waals surface area contributed by atoms with Crippen LogP contribution >= 0.6 is 0 Å². The lowest BCUT2D eigenvalue weighted by Crippen LogP contribution is -1.66. The molecule has 0 aliphatic carbocycles. The molecular weight excluding hydrogens is 114 g/mol. The van der Waals surface area contributed by atoms with Gasteiger partial charge in [-0.1, -0.05) is 27.4 Å². The molecule has 2 heteroatoms. The topological polar surface area (TPSA) is 39.0 Å². The molecule has 1 heterocycles. The first-order valence-electron chi connectivity index (χ1n) is 3.04. The van der Waals surface area contributed by atoms with E-state index in [1.54, 1.807) is 0 Å². The molecule has 1 fully saturated rings. The molecule has 0 radical (unpaired) electrons. The first-order valence-corrected chi connectivity index (χ1v) is 3.04. The van der Waals surface area contributed by atoms with Gasteiger partial charge in [-0.15, -0.1) is 0 Å². The first-order chi connectivity index (χ1) is 4.04. The number of nitrogens with one attached hydrogen (secondary N) is 1. The summed E-state index contributed by atoms with van der Waals surface area (Å²) >= 11 is 0. The van der Waals surface area contributed by atoms with Crippen LogP contribution in [0.2, 0.25) is 0 Å². The fourth-order valence-electron chi connectivity index (χ4n) is 0.106. The molecule has 0 atom stereocenters. The predicted octanol–water partition coefficient (Wildman–Crippen LogP) is 1.29. The average Bonchev–Trinajstić information content (AvgIpc) is 2.16. The lowest BCUT2D eigenvalue weighted by atomic mass is 10.3. The maximum absolute atomic E-state index is 9.68. The molecule has 0 aromatic carbocycles. The van der Waals surface area contributed by atoms with E-state index in [0.717, 1.165) is 5.92 Å². The highest BCUT2D eigenvalue weighted by molar-refractivity contribution is 6.09. The summed E-state index contributed by atoms with van der Waals surface area (Å²) in [5.41, 5.74) is 0.532. The van der Waals surface area contributed by atoms with Crippen LogP contribution in [-0.4, -0.2) is 5.91 Å². The van der Waals surface area contributed by atoms with Crippen LogP contribution in [0.1, 0.15) is 20.8 Å². The van der Waals surface area contributed by atoms with Crippen LogP contribution in [0.25, 0.3) is 0 Å². The van der Waals surface area contributed by atoms with Gasteiger partial charge in [0.25, 0.3) is 5.91 Å². The maximum atomic E-state index is 9.68. The Balaban J connectivity index is 0.000000148. The molecular formula is C7H13NO. The van der Waals surface area contributed by atoms with Crippen molar-refractivity contribution in [2.24, 2.45) is 5.92 Å². The van der Waals surface area contributed by atoms with Crippen molar-refractivity contribution >= 4 is 5.91 Å². The van der Waals surface area contributed by atoms with Gasteiger partial charge in [0.1, 0.15) is 0 Å². The zero-order valence-electron chi connectivity index (χ0n) is 6.19. The van der Waals surface area contributed by atoms with Crippen molar-refractivity contribution in [2.75, 3.05) is 0 Å². The van der Waals surface area contributed by atoms with Crippen molar-refractivity contribution < 1.29 is 4.79 Å². The summed E-state index contributed by atoms with van der Waals surface area (Å²) in [5, 5.41) is 2.36. The van der Waals surface area contributed by atoms with Gasteiger partial charge in [-0.2, -0.15) is 0 Å². The van der Waals surface area contributed by atoms with E-state index in [4.69, 9.17) is 0 Å². The van der Waals surface area contributed by atoms with Crippen molar-refractivity contribution in [1.29, 1.82) is 0 Å². The van der Waals surface area contributed by atoms with Gasteiger partial charge >= 0.3 is 0 Å². The number of hydrogen-bond acceptors (Lipinski definition) is 1. The van der Waals surface area contributed by atoms with Crippen molar-refractivity contribution in [3.8, 4) is 0 Å². The second-order valence-electron chi connectivity index (χ2n) is 2.66. The van der Waals surface area contributed by atoms with E-state index in [2.05, 4.69) is 32.7 Å². The molecule has 1 aliphatic heterocycles. The van der Waals surface area contributed by atoms with Gasteiger partial charge in [0.05, 0.1) is 5.70 Å². The molecule has 2 nitrogen and oxygen atoms in total.